The van der Waals surface area contributed by atoms with E-state index in [0.717, 1.165) is 5.69 Å². The molecule has 0 aliphatic rings. The second-order valence-electron chi connectivity index (χ2n) is 2.18. The van der Waals surface area contributed by atoms with Crippen LogP contribution in [0.15, 0.2) is 6.07 Å². The van der Waals surface area contributed by atoms with Gasteiger partial charge in [0, 0.05) is 4.88 Å². The molecule has 0 unspecified atom stereocenters. The van der Waals surface area contributed by atoms with Gasteiger partial charge in [-0.25, -0.2) is 0 Å². The SMILES string of the molecule is CSCCc1cc(C)ns1. The minimum atomic E-state index is 1.15. The van der Waals surface area contributed by atoms with Gasteiger partial charge in [0.1, 0.15) is 0 Å². The number of aryl methyl sites for hydroxylation is 2. The van der Waals surface area contributed by atoms with Crippen LogP contribution in [-0.2, 0) is 6.42 Å². The van der Waals surface area contributed by atoms with Gasteiger partial charge in [-0.3, -0.25) is 0 Å². The number of aromatic nitrogens is 1. The predicted molar refractivity (Wildman–Crippen MR) is 48.9 cm³/mol. The largest absolute Gasteiger partial charge is 0.198 e. The van der Waals surface area contributed by atoms with E-state index in [1.54, 1.807) is 11.5 Å². The van der Waals surface area contributed by atoms with E-state index in [9.17, 15) is 0 Å². The van der Waals surface area contributed by atoms with Crippen LogP contribution in [0.25, 0.3) is 0 Å². The molecule has 0 N–H and O–H groups in total. The molecule has 0 saturated heterocycles. The van der Waals surface area contributed by atoms with Gasteiger partial charge >= 0.3 is 0 Å². The third-order valence-corrected chi connectivity index (χ3v) is 2.78. The van der Waals surface area contributed by atoms with Crippen molar-refractivity contribution in [2.75, 3.05) is 12.0 Å². The molecule has 0 fully saturated rings. The second-order valence-corrected chi connectivity index (χ2v) is 4.05. The first kappa shape index (κ1) is 8.08. The Morgan fingerprint density at radius 2 is 2.50 bits per heavy atom. The summed E-state index contributed by atoms with van der Waals surface area (Å²) in [6, 6.07) is 2.17. The van der Waals surface area contributed by atoms with Gasteiger partial charge in [0.05, 0.1) is 5.69 Å². The Labute approximate surface area is 70.0 Å². The number of hydrogen-bond donors (Lipinski definition) is 0. The second kappa shape index (κ2) is 3.98. The maximum Gasteiger partial charge on any atom is 0.0514 e. The molecular formula is C7H11NS2. The van der Waals surface area contributed by atoms with Gasteiger partial charge in [-0.15, -0.1) is 0 Å². The highest BCUT2D eigenvalue weighted by molar-refractivity contribution is 7.98. The fourth-order valence-electron chi connectivity index (χ4n) is 0.737. The molecule has 56 valence electrons. The molecule has 1 heterocycles. The molecule has 0 bridgehead atoms. The van der Waals surface area contributed by atoms with Crippen LogP contribution < -0.4 is 0 Å². The Morgan fingerprint density at radius 3 is 3.00 bits per heavy atom. The van der Waals surface area contributed by atoms with E-state index in [-0.39, 0.29) is 0 Å². The summed E-state index contributed by atoms with van der Waals surface area (Å²) < 4.78 is 4.20. The van der Waals surface area contributed by atoms with Crippen LogP contribution in [0.4, 0.5) is 0 Å². The Bertz CT molecular complexity index is 195. The van der Waals surface area contributed by atoms with Crippen LogP contribution in [0.1, 0.15) is 10.6 Å². The molecule has 0 aliphatic heterocycles. The molecule has 3 heteroatoms. The maximum atomic E-state index is 4.20. The van der Waals surface area contributed by atoms with Gasteiger partial charge in [0.2, 0.25) is 0 Å². The quantitative estimate of drug-likeness (QED) is 0.696. The highest BCUT2D eigenvalue weighted by Crippen LogP contribution is 2.11. The summed E-state index contributed by atoms with van der Waals surface area (Å²) in [4.78, 5) is 1.41. The Hall–Kier alpha value is -0.0200. The van der Waals surface area contributed by atoms with Crippen LogP contribution >= 0.6 is 23.3 Å². The first-order chi connectivity index (χ1) is 4.83. The van der Waals surface area contributed by atoms with Crippen LogP contribution in [0.2, 0.25) is 0 Å². The highest BCUT2D eigenvalue weighted by atomic mass is 32.2. The number of nitrogens with zero attached hydrogens (tertiary/aromatic N) is 1. The lowest BCUT2D eigenvalue weighted by Crippen LogP contribution is -1.81. The maximum absolute atomic E-state index is 4.20. The van der Waals surface area contributed by atoms with Crippen molar-refractivity contribution in [3.63, 3.8) is 0 Å². The highest BCUT2D eigenvalue weighted by Gasteiger charge is 1.95. The lowest BCUT2D eigenvalue weighted by atomic mass is 10.3. The van der Waals surface area contributed by atoms with Crippen LogP contribution in [0.5, 0.6) is 0 Å². The minimum absolute atomic E-state index is 1.15. The van der Waals surface area contributed by atoms with Crippen molar-refractivity contribution in [1.29, 1.82) is 0 Å². The minimum Gasteiger partial charge on any atom is -0.198 e. The average molecular weight is 173 g/mol. The average Bonchev–Trinajstić information content (AvgIpc) is 2.31. The zero-order valence-electron chi connectivity index (χ0n) is 6.26. The molecule has 1 aromatic rings. The van der Waals surface area contributed by atoms with Crippen molar-refractivity contribution >= 4 is 23.3 Å². The summed E-state index contributed by atoms with van der Waals surface area (Å²) in [6.07, 6.45) is 3.31. The van der Waals surface area contributed by atoms with Gasteiger partial charge in [-0.05, 0) is 43.0 Å². The summed E-state index contributed by atoms with van der Waals surface area (Å²) in [5.41, 5.74) is 1.15. The van der Waals surface area contributed by atoms with E-state index >= 15 is 0 Å². The van der Waals surface area contributed by atoms with Crippen molar-refractivity contribution in [2.45, 2.75) is 13.3 Å². The summed E-state index contributed by atoms with van der Waals surface area (Å²) in [7, 11) is 0. The van der Waals surface area contributed by atoms with Gasteiger partial charge in [0.15, 0.2) is 0 Å². The van der Waals surface area contributed by atoms with Crippen molar-refractivity contribution in [3.8, 4) is 0 Å². The standard InChI is InChI=1S/C7H11NS2/c1-6-5-7(10-8-6)3-4-9-2/h5H,3-4H2,1-2H3. The Kier molecular flexibility index (Phi) is 3.22. The third-order valence-electron chi connectivity index (χ3n) is 1.23. The van der Waals surface area contributed by atoms with E-state index in [1.165, 1.54) is 17.1 Å². The van der Waals surface area contributed by atoms with Crippen molar-refractivity contribution in [3.05, 3.63) is 16.6 Å². The monoisotopic (exact) mass is 173 g/mol. The van der Waals surface area contributed by atoms with Gasteiger partial charge in [-0.2, -0.15) is 16.1 Å². The summed E-state index contributed by atoms with van der Waals surface area (Å²) in [5, 5.41) is 0. The van der Waals surface area contributed by atoms with Crippen molar-refractivity contribution in [2.24, 2.45) is 0 Å². The molecule has 0 amide bonds. The van der Waals surface area contributed by atoms with Crippen LogP contribution in [-0.4, -0.2) is 16.4 Å². The fourth-order valence-corrected chi connectivity index (χ4v) is 2.02. The van der Waals surface area contributed by atoms with Crippen LogP contribution in [0.3, 0.4) is 0 Å². The van der Waals surface area contributed by atoms with E-state index in [1.807, 2.05) is 18.7 Å². The van der Waals surface area contributed by atoms with Gasteiger partial charge in [0.25, 0.3) is 0 Å². The topological polar surface area (TPSA) is 12.9 Å². The molecular weight excluding hydrogens is 162 g/mol. The van der Waals surface area contributed by atoms with Gasteiger partial charge < -0.3 is 0 Å². The number of thioether (sulfide) groups is 1. The van der Waals surface area contributed by atoms with E-state index in [0.29, 0.717) is 0 Å². The number of hydrogen-bond acceptors (Lipinski definition) is 3. The third kappa shape index (κ3) is 2.31. The zero-order chi connectivity index (χ0) is 7.40. The first-order valence-corrected chi connectivity index (χ1v) is 5.41. The molecule has 0 aromatic carbocycles. The molecule has 10 heavy (non-hydrogen) atoms. The van der Waals surface area contributed by atoms with Gasteiger partial charge in [-0.1, -0.05) is 0 Å². The molecule has 1 rings (SSSR count). The van der Waals surface area contributed by atoms with E-state index < -0.39 is 0 Å². The molecule has 1 nitrogen and oxygen atoms in total. The summed E-state index contributed by atoms with van der Waals surface area (Å²) >= 11 is 3.51. The lowest BCUT2D eigenvalue weighted by Gasteiger charge is -1.89. The van der Waals surface area contributed by atoms with E-state index in [2.05, 4.69) is 16.7 Å². The first-order valence-electron chi connectivity index (χ1n) is 3.24. The van der Waals surface area contributed by atoms with Crippen LogP contribution in [0, 0.1) is 6.92 Å². The molecule has 1 aromatic heterocycles. The molecule has 0 atom stereocenters. The number of rotatable bonds is 3. The summed E-state index contributed by atoms with van der Waals surface area (Å²) in [5.74, 6) is 1.21. The fraction of sp³-hybridized carbons (Fsp3) is 0.571. The van der Waals surface area contributed by atoms with Crippen molar-refractivity contribution in [1.82, 2.24) is 4.37 Å². The zero-order valence-corrected chi connectivity index (χ0v) is 7.89. The van der Waals surface area contributed by atoms with Crippen molar-refractivity contribution < 1.29 is 0 Å². The Morgan fingerprint density at radius 1 is 1.70 bits per heavy atom. The predicted octanol–water partition coefficient (Wildman–Crippen LogP) is 2.36. The smallest absolute Gasteiger partial charge is 0.0514 e. The molecule has 0 spiro atoms. The summed E-state index contributed by atoms with van der Waals surface area (Å²) in [6.45, 7) is 2.04. The van der Waals surface area contributed by atoms with E-state index in [4.69, 9.17) is 0 Å². The Balaban J connectivity index is 2.42. The normalized spacial score (nSPS) is 10.2. The molecule has 0 aliphatic carbocycles. The lowest BCUT2D eigenvalue weighted by molar-refractivity contribution is 1.20. The molecule has 0 saturated carbocycles. The molecule has 0 radical (unpaired) electrons.